The first-order chi connectivity index (χ1) is 9.13. The van der Waals surface area contributed by atoms with E-state index in [4.69, 9.17) is 5.26 Å². The van der Waals surface area contributed by atoms with Crippen LogP contribution in [-0.4, -0.2) is 19.1 Å². The van der Waals surface area contributed by atoms with E-state index in [-0.39, 0.29) is 5.69 Å². The van der Waals surface area contributed by atoms with Gasteiger partial charge in [0.2, 0.25) is 0 Å². The fourth-order valence-corrected chi connectivity index (χ4v) is 1.27. The molecule has 0 amide bonds. The number of halogens is 6. The van der Waals surface area contributed by atoms with Crippen LogP contribution in [0.25, 0.3) is 0 Å². The van der Waals surface area contributed by atoms with Crippen LogP contribution in [0.5, 0.6) is 5.75 Å². The van der Waals surface area contributed by atoms with Crippen LogP contribution in [0.15, 0.2) is 24.3 Å². The van der Waals surface area contributed by atoms with E-state index in [0.29, 0.717) is 0 Å². The molecule has 1 atom stereocenters. The van der Waals surface area contributed by atoms with Crippen LogP contribution >= 0.6 is 0 Å². The van der Waals surface area contributed by atoms with Gasteiger partial charge in [-0.3, -0.25) is 0 Å². The number of hydrogen-bond donors (Lipinski definition) is 1. The Hall–Kier alpha value is -2.11. The van der Waals surface area contributed by atoms with Crippen LogP contribution in [0.2, 0.25) is 0 Å². The molecule has 0 fully saturated rings. The second-order valence-corrected chi connectivity index (χ2v) is 3.65. The lowest BCUT2D eigenvalue weighted by molar-refractivity contribution is -0.274. The molecule has 0 aliphatic carbocycles. The number of nitrogens with zero attached hydrogens (tertiary/aromatic N) is 1. The molecule has 20 heavy (non-hydrogen) atoms. The third kappa shape index (κ3) is 4.87. The Morgan fingerprint density at radius 1 is 1.15 bits per heavy atom. The number of ether oxygens (including phenoxy) is 1. The van der Waals surface area contributed by atoms with Crippen molar-refractivity contribution in [3.8, 4) is 11.8 Å². The first-order valence-corrected chi connectivity index (χ1v) is 5.18. The minimum Gasteiger partial charge on any atom is -0.404 e. The fourth-order valence-electron chi connectivity index (χ4n) is 1.27. The maximum absolute atomic E-state index is 12.3. The monoisotopic (exact) mass is 298 g/mol. The quantitative estimate of drug-likeness (QED) is 0.862. The average molecular weight is 298 g/mol. The molecule has 1 aromatic carbocycles. The molecule has 0 aliphatic heterocycles. The van der Waals surface area contributed by atoms with Gasteiger partial charge in [-0.15, -0.1) is 13.2 Å². The van der Waals surface area contributed by atoms with Gasteiger partial charge in [-0.25, -0.2) is 0 Å². The van der Waals surface area contributed by atoms with Gasteiger partial charge in [0.25, 0.3) is 0 Å². The minimum atomic E-state index is -4.96. The molecule has 9 heteroatoms. The molecule has 0 bridgehead atoms. The Kier molecular flexibility index (Phi) is 4.70. The number of nitriles is 1. The van der Waals surface area contributed by atoms with Crippen LogP contribution in [0, 0.1) is 17.2 Å². The van der Waals surface area contributed by atoms with Crippen LogP contribution in [-0.2, 0) is 0 Å². The average Bonchev–Trinajstić information content (AvgIpc) is 2.28. The van der Waals surface area contributed by atoms with Gasteiger partial charge in [-0.2, -0.15) is 18.4 Å². The minimum absolute atomic E-state index is 0.283. The molecular weight excluding hydrogens is 290 g/mol. The zero-order valence-electron chi connectivity index (χ0n) is 9.72. The lowest BCUT2D eigenvalue weighted by Gasteiger charge is -2.17. The molecule has 0 radical (unpaired) electrons. The van der Waals surface area contributed by atoms with Crippen molar-refractivity contribution in [1.29, 1.82) is 5.26 Å². The molecule has 1 rings (SSSR count). The van der Waals surface area contributed by atoms with Crippen molar-refractivity contribution in [2.75, 3.05) is 11.9 Å². The van der Waals surface area contributed by atoms with Crippen LogP contribution in [0.4, 0.5) is 32.0 Å². The molecule has 0 aromatic heterocycles. The zero-order chi connectivity index (χ0) is 15.4. The summed E-state index contributed by atoms with van der Waals surface area (Å²) in [5.74, 6) is -3.00. The summed E-state index contributed by atoms with van der Waals surface area (Å²) in [4.78, 5) is 0. The summed E-state index contributed by atoms with van der Waals surface area (Å²) in [5.41, 5.74) is -0.283. The van der Waals surface area contributed by atoms with E-state index in [1.54, 1.807) is 0 Å². The van der Waals surface area contributed by atoms with Crippen molar-refractivity contribution in [3.63, 3.8) is 0 Å². The van der Waals surface area contributed by atoms with E-state index in [1.807, 2.05) is 0 Å². The number of rotatable bonds is 4. The van der Waals surface area contributed by atoms with E-state index < -0.39 is 30.8 Å². The van der Waals surface area contributed by atoms with Crippen LogP contribution in [0.1, 0.15) is 0 Å². The van der Waals surface area contributed by atoms with Gasteiger partial charge in [0.05, 0.1) is 11.8 Å². The molecule has 1 N–H and O–H groups in total. The smallest absolute Gasteiger partial charge is 0.404 e. The second-order valence-electron chi connectivity index (χ2n) is 3.65. The first kappa shape index (κ1) is 15.9. The molecule has 1 unspecified atom stereocenters. The summed E-state index contributed by atoms with van der Waals surface area (Å²) in [6.07, 6.45) is -9.72. The highest BCUT2D eigenvalue weighted by molar-refractivity contribution is 5.56. The van der Waals surface area contributed by atoms with E-state index in [2.05, 4.69) is 10.1 Å². The molecule has 0 saturated carbocycles. The Balaban J connectivity index is 2.81. The first-order valence-electron chi connectivity index (χ1n) is 5.18. The topological polar surface area (TPSA) is 45.0 Å². The highest BCUT2D eigenvalue weighted by atomic mass is 19.4. The summed E-state index contributed by atoms with van der Waals surface area (Å²) in [7, 11) is 0. The summed E-state index contributed by atoms with van der Waals surface area (Å²) in [5, 5.41) is 10.5. The standard InChI is InChI=1S/C11H8F6N2O/c12-10(13,14)7(5-18)6-19-8-3-1-2-4-9(8)20-11(15,16)17/h1-4,7,19H,6H2. The van der Waals surface area contributed by atoms with Gasteiger partial charge in [-0.1, -0.05) is 12.1 Å². The highest BCUT2D eigenvalue weighted by Gasteiger charge is 2.40. The largest absolute Gasteiger partial charge is 0.573 e. The van der Waals surface area contributed by atoms with Gasteiger partial charge in [0.1, 0.15) is 0 Å². The number of anilines is 1. The lowest BCUT2D eigenvalue weighted by Crippen LogP contribution is -2.28. The van der Waals surface area contributed by atoms with Gasteiger partial charge in [0.15, 0.2) is 11.7 Å². The second kappa shape index (κ2) is 5.90. The predicted molar refractivity (Wildman–Crippen MR) is 56.8 cm³/mol. The van der Waals surface area contributed by atoms with Crippen molar-refractivity contribution >= 4 is 5.69 Å². The Labute approximate surface area is 109 Å². The fraction of sp³-hybridized carbons (Fsp3) is 0.364. The third-order valence-electron chi connectivity index (χ3n) is 2.16. The summed E-state index contributed by atoms with van der Waals surface area (Å²) in [6.45, 7) is -0.877. The predicted octanol–water partition coefficient (Wildman–Crippen LogP) is 3.70. The molecule has 3 nitrogen and oxygen atoms in total. The van der Waals surface area contributed by atoms with E-state index in [9.17, 15) is 26.3 Å². The highest BCUT2D eigenvalue weighted by Crippen LogP contribution is 2.31. The Morgan fingerprint density at radius 2 is 1.75 bits per heavy atom. The summed E-state index contributed by atoms with van der Waals surface area (Å²) >= 11 is 0. The summed E-state index contributed by atoms with van der Waals surface area (Å²) in [6, 6.07) is 5.65. The molecule has 1 aromatic rings. The van der Waals surface area contributed by atoms with E-state index in [1.165, 1.54) is 12.1 Å². The maximum Gasteiger partial charge on any atom is 0.573 e. The molecular formula is C11H8F6N2O. The maximum atomic E-state index is 12.3. The van der Waals surface area contributed by atoms with Gasteiger partial charge in [-0.05, 0) is 12.1 Å². The van der Waals surface area contributed by atoms with Crippen LogP contribution in [0.3, 0.4) is 0 Å². The Morgan fingerprint density at radius 3 is 2.25 bits per heavy atom. The Bertz CT molecular complexity index is 491. The SMILES string of the molecule is N#CC(CNc1ccccc1OC(F)(F)F)C(F)(F)F. The molecule has 0 saturated heterocycles. The van der Waals surface area contributed by atoms with Gasteiger partial charge in [0, 0.05) is 6.54 Å². The normalized spacial score (nSPS) is 13.4. The van der Waals surface area contributed by atoms with Crippen molar-refractivity contribution in [2.24, 2.45) is 5.92 Å². The number of benzene rings is 1. The van der Waals surface area contributed by atoms with Gasteiger partial charge < -0.3 is 10.1 Å². The van der Waals surface area contributed by atoms with Gasteiger partial charge >= 0.3 is 12.5 Å². The molecule has 0 spiro atoms. The van der Waals surface area contributed by atoms with Crippen LogP contribution < -0.4 is 10.1 Å². The lowest BCUT2D eigenvalue weighted by atomic mass is 10.1. The number of alkyl halides is 6. The van der Waals surface area contributed by atoms with Crippen molar-refractivity contribution in [2.45, 2.75) is 12.5 Å². The van der Waals surface area contributed by atoms with Crippen molar-refractivity contribution in [1.82, 2.24) is 0 Å². The number of para-hydroxylation sites is 2. The zero-order valence-corrected chi connectivity index (χ0v) is 9.72. The number of nitrogens with one attached hydrogen (secondary N) is 1. The molecule has 0 aliphatic rings. The van der Waals surface area contributed by atoms with Crippen molar-refractivity contribution < 1.29 is 31.1 Å². The third-order valence-corrected chi connectivity index (χ3v) is 2.16. The van der Waals surface area contributed by atoms with E-state index in [0.717, 1.165) is 18.2 Å². The van der Waals surface area contributed by atoms with E-state index >= 15 is 0 Å². The molecule has 0 heterocycles. The molecule has 110 valence electrons. The number of hydrogen-bond acceptors (Lipinski definition) is 3. The summed E-state index contributed by atoms with van der Waals surface area (Å²) < 4.78 is 76.9. The van der Waals surface area contributed by atoms with Crippen molar-refractivity contribution in [3.05, 3.63) is 24.3 Å².